The van der Waals surface area contributed by atoms with E-state index < -0.39 is 66.1 Å². The standard InChI is InChI=1S/C32H35NO12/c1-16(29(39)45-25(28(37)38)17-6-4-3-5-7-17)42-30(40)20(35)15-23(36)43-21-10-11-32(41)22-14-18-8-9-19(34)26-24(18)31(32,27(21)44-26)12-13-33(22)2/h3-10,16,20,22,25,27,30,34-35,40-41H,11-15H2,1-2H3,(H,37,38)/t16-,20-,22+,25-,27-,30?,31?,32+/m0/s1. The molecule has 13 nitrogen and oxygen atoms in total. The van der Waals surface area contributed by atoms with E-state index in [-0.39, 0.29) is 35.3 Å². The zero-order valence-corrected chi connectivity index (χ0v) is 24.7. The van der Waals surface area contributed by atoms with Gasteiger partial charge in [0.1, 0.15) is 11.9 Å². The first-order chi connectivity index (χ1) is 21.4. The van der Waals surface area contributed by atoms with E-state index in [9.17, 15) is 39.9 Å². The highest BCUT2D eigenvalue weighted by Gasteiger charge is 2.72. The molecule has 2 aliphatic carbocycles. The van der Waals surface area contributed by atoms with E-state index in [4.69, 9.17) is 18.9 Å². The Morgan fingerprint density at radius 2 is 1.87 bits per heavy atom. The molecule has 0 saturated carbocycles. The molecule has 13 heteroatoms. The van der Waals surface area contributed by atoms with Crippen LogP contribution < -0.4 is 4.74 Å². The number of likely N-dealkylation sites (tertiary alicyclic amines) is 1. The van der Waals surface area contributed by atoms with Crippen molar-refractivity contribution >= 4 is 17.9 Å². The van der Waals surface area contributed by atoms with Crippen molar-refractivity contribution in [1.29, 1.82) is 0 Å². The second-order valence-electron chi connectivity index (χ2n) is 12.1. The van der Waals surface area contributed by atoms with E-state index in [0.29, 0.717) is 19.4 Å². The zero-order chi connectivity index (χ0) is 32.3. The van der Waals surface area contributed by atoms with Gasteiger partial charge in [0.2, 0.25) is 6.10 Å². The van der Waals surface area contributed by atoms with Gasteiger partial charge in [-0.25, -0.2) is 9.59 Å². The number of phenols is 1. The van der Waals surface area contributed by atoms with Gasteiger partial charge in [-0.15, -0.1) is 0 Å². The molecule has 2 heterocycles. The van der Waals surface area contributed by atoms with Crippen LogP contribution in [0.1, 0.15) is 49.0 Å². The van der Waals surface area contributed by atoms with Gasteiger partial charge in [-0.05, 0) is 51.1 Å². The van der Waals surface area contributed by atoms with E-state index in [1.165, 1.54) is 19.1 Å². The van der Waals surface area contributed by atoms with Crippen LogP contribution in [-0.4, -0.2) is 98.2 Å². The van der Waals surface area contributed by atoms with Crippen molar-refractivity contribution in [2.24, 2.45) is 0 Å². The minimum Gasteiger partial charge on any atom is -0.504 e. The third-order valence-electron chi connectivity index (χ3n) is 9.53. The Bertz CT molecular complexity index is 1540. The first kappa shape index (κ1) is 31.0. The number of aliphatic carboxylic acids is 1. The van der Waals surface area contributed by atoms with Crippen LogP contribution in [0.25, 0.3) is 0 Å². The van der Waals surface area contributed by atoms with Gasteiger partial charge < -0.3 is 49.4 Å². The van der Waals surface area contributed by atoms with Gasteiger partial charge in [0.05, 0.1) is 17.4 Å². The molecule has 45 heavy (non-hydrogen) atoms. The average molecular weight is 626 g/mol. The molecule has 2 unspecified atom stereocenters. The van der Waals surface area contributed by atoms with Gasteiger partial charge in [-0.2, -0.15) is 0 Å². The fraction of sp³-hybridized carbons (Fsp3) is 0.469. The second-order valence-corrected chi connectivity index (χ2v) is 12.1. The first-order valence-electron chi connectivity index (χ1n) is 14.7. The number of carbonyl (C=O) groups excluding carboxylic acids is 2. The number of nitrogens with zero attached hydrogens (tertiary/aromatic N) is 1. The molecule has 2 aromatic carbocycles. The van der Waals surface area contributed by atoms with Gasteiger partial charge in [0.25, 0.3) is 0 Å². The van der Waals surface area contributed by atoms with Crippen molar-refractivity contribution in [3.05, 3.63) is 71.0 Å². The van der Waals surface area contributed by atoms with Crippen LogP contribution in [0, 0.1) is 0 Å². The second kappa shape index (κ2) is 11.4. The monoisotopic (exact) mass is 625 g/mol. The molecule has 5 N–H and O–H groups in total. The number of benzene rings is 2. The van der Waals surface area contributed by atoms with E-state index in [2.05, 4.69) is 4.90 Å². The van der Waals surface area contributed by atoms with Gasteiger partial charge in [-0.3, -0.25) is 4.79 Å². The lowest BCUT2D eigenvalue weighted by atomic mass is 9.50. The van der Waals surface area contributed by atoms with E-state index in [1.54, 1.807) is 30.3 Å². The minimum atomic E-state index is -2.02. The minimum absolute atomic E-state index is 0.0790. The number of carbonyl (C=O) groups is 3. The number of esters is 2. The predicted octanol–water partition coefficient (Wildman–Crippen LogP) is 1.06. The molecule has 2 aliphatic heterocycles. The third kappa shape index (κ3) is 4.95. The third-order valence-corrected chi connectivity index (χ3v) is 9.53. The Morgan fingerprint density at radius 1 is 1.13 bits per heavy atom. The van der Waals surface area contributed by atoms with Crippen LogP contribution in [0.3, 0.4) is 0 Å². The number of phenolic OH excluding ortho intramolecular Hbond substituents is 1. The summed E-state index contributed by atoms with van der Waals surface area (Å²) >= 11 is 0. The van der Waals surface area contributed by atoms with Crippen LogP contribution in [0.4, 0.5) is 0 Å². The molecule has 0 radical (unpaired) electrons. The zero-order valence-electron chi connectivity index (χ0n) is 24.7. The van der Waals surface area contributed by atoms with E-state index in [0.717, 1.165) is 11.1 Å². The van der Waals surface area contributed by atoms with Crippen molar-refractivity contribution in [1.82, 2.24) is 4.90 Å². The van der Waals surface area contributed by atoms with Crippen LogP contribution in [-0.2, 0) is 40.4 Å². The van der Waals surface area contributed by atoms with Crippen molar-refractivity contribution in [3.63, 3.8) is 0 Å². The maximum absolute atomic E-state index is 13.0. The lowest BCUT2D eigenvalue weighted by Crippen LogP contribution is -2.74. The van der Waals surface area contributed by atoms with Gasteiger partial charge in [0.15, 0.2) is 30.0 Å². The number of carboxylic acids is 1. The summed E-state index contributed by atoms with van der Waals surface area (Å²) in [5.74, 6) is -3.16. The lowest BCUT2D eigenvalue weighted by Gasteiger charge is -2.61. The Labute approximate surface area is 258 Å². The van der Waals surface area contributed by atoms with Crippen molar-refractivity contribution in [2.45, 2.75) is 80.4 Å². The molecular weight excluding hydrogens is 590 g/mol. The summed E-state index contributed by atoms with van der Waals surface area (Å²) in [7, 11) is 1.95. The average Bonchev–Trinajstić information content (AvgIpc) is 3.37. The topological polar surface area (TPSA) is 193 Å². The van der Waals surface area contributed by atoms with Crippen LogP contribution >= 0.6 is 0 Å². The number of piperidine rings is 1. The van der Waals surface area contributed by atoms with Crippen molar-refractivity contribution in [2.75, 3.05) is 13.6 Å². The summed E-state index contributed by atoms with van der Waals surface area (Å²) in [4.78, 5) is 39.3. The van der Waals surface area contributed by atoms with Gasteiger partial charge >= 0.3 is 17.9 Å². The smallest absolute Gasteiger partial charge is 0.349 e. The van der Waals surface area contributed by atoms with Crippen LogP contribution in [0.15, 0.2) is 54.3 Å². The molecule has 1 spiro atoms. The lowest BCUT2D eigenvalue weighted by molar-refractivity contribution is -0.207. The van der Waals surface area contributed by atoms with Gasteiger partial charge in [0, 0.05) is 23.6 Å². The van der Waals surface area contributed by atoms with Crippen LogP contribution in [0.2, 0.25) is 0 Å². The summed E-state index contributed by atoms with van der Waals surface area (Å²) in [6, 6.07) is 10.9. The van der Waals surface area contributed by atoms with Gasteiger partial charge in [-0.1, -0.05) is 36.4 Å². The molecule has 1 saturated heterocycles. The Balaban J connectivity index is 1.11. The molecule has 2 bridgehead atoms. The Kier molecular flexibility index (Phi) is 7.86. The molecule has 2 aromatic rings. The largest absolute Gasteiger partial charge is 0.504 e. The number of likely N-dealkylation sites (N-methyl/N-ethyl adjacent to an activating group) is 1. The van der Waals surface area contributed by atoms with Crippen LogP contribution in [0.5, 0.6) is 11.5 Å². The highest BCUT2D eigenvalue weighted by molar-refractivity contribution is 5.81. The summed E-state index contributed by atoms with van der Waals surface area (Å²) in [6.07, 6.45) is -5.82. The quantitative estimate of drug-likeness (QED) is 0.186. The molecule has 0 amide bonds. The molecule has 0 aromatic heterocycles. The highest BCUT2D eigenvalue weighted by atomic mass is 16.6. The van der Waals surface area contributed by atoms with E-state index in [1.807, 2.05) is 13.1 Å². The number of hydrogen-bond donors (Lipinski definition) is 5. The number of ether oxygens (including phenoxy) is 4. The Morgan fingerprint density at radius 3 is 2.58 bits per heavy atom. The van der Waals surface area contributed by atoms with Crippen molar-refractivity contribution in [3.8, 4) is 11.5 Å². The fourth-order valence-corrected chi connectivity index (χ4v) is 7.34. The summed E-state index contributed by atoms with van der Waals surface area (Å²) in [5.41, 5.74) is -0.334. The number of aliphatic hydroxyl groups is 3. The summed E-state index contributed by atoms with van der Waals surface area (Å²) in [6.45, 7) is 1.84. The molecule has 8 atom stereocenters. The number of hydrogen-bond acceptors (Lipinski definition) is 12. The molecule has 6 rings (SSSR count). The predicted molar refractivity (Wildman–Crippen MR) is 153 cm³/mol. The molecule has 240 valence electrons. The number of carboxylic acid groups (broad SMARTS) is 1. The maximum atomic E-state index is 13.0. The SMILES string of the molecule is C[C@H](OC(O)[C@@H](O)CC(=O)OC1=CC[C@@]2(O)[C@H]3Cc4ccc(O)c5c4C2(CCN3C)[C@H]1O5)C(=O)O[C@H](C(=O)O)c1ccccc1. The fourth-order valence-electron chi connectivity index (χ4n) is 7.34. The molecule has 4 aliphatic rings. The van der Waals surface area contributed by atoms with E-state index >= 15 is 0 Å². The molecule has 1 fully saturated rings. The number of aliphatic hydroxyl groups excluding tert-OH is 2. The summed E-state index contributed by atoms with van der Waals surface area (Å²) in [5, 5.41) is 53.2. The normalized spacial score (nSPS) is 28.9. The number of rotatable bonds is 10. The number of aromatic hydroxyl groups is 1. The first-order valence-corrected chi connectivity index (χ1v) is 14.7. The Hall–Kier alpha value is -4.01. The highest BCUT2D eigenvalue weighted by Crippen LogP contribution is 2.65. The summed E-state index contributed by atoms with van der Waals surface area (Å²) < 4.78 is 22.1. The maximum Gasteiger partial charge on any atom is 0.349 e. The van der Waals surface area contributed by atoms with Crippen molar-refractivity contribution < 1.29 is 58.9 Å². The molecular formula is C32H35NO12.